The molecule has 4 N–H and O–H groups in total. The first-order chi connectivity index (χ1) is 8.31. The van der Waals surface area contributed by atoms with E-state index < -0.39 is 0 Å². The number of hydrogen-bond acceptors (Lipinski definition) is 3. The Morgan fingerprint density at radius 2 is 1.89 bits per heavy atom. The van der Waals surface area contributed by atoms with Crippen LogP contribution in [0.3, 0.4) is 0 Å². The first-order valence-corrected chi connectivity index (χ1v) is 5.74. The number of nitrogens with one attached hydrogen (secondary N) is 2. The molecule has 0 aliphatic carbocycles. The quantitative estimate of drug-likeness (QED) is 0.787. The second kappa shape index (κ2) is 7.11. The number of benzene rings is 1. The molecule has 0 aromatic heterocycles. The normalized spacial score (nSPS) is 10.3. The molecular weight excluding hydrogens is 266 g/mol. The van der Waals surface area contributed by atoms with Gasteiger partial charge in [0.1, 0.15) is 0 Å². The molecule has 106 valence electrons. The molecule has 1 aromatic carbocycles. The van der Waals surface area contributed by atoms with Crippen molar-refractivity contribution >= 4 is 29.9 Å². The van der Waals surface area contributed by atoms with Gasteiger partial charge in [-0.25, -0.2) is 0 Å². The minimum Gasteiger partial charge on any atom is -0.347 e. The van der Waals surface area contributed by atoms with E-state index in [1.807, 2.05) is 20.8 Å². The van der Waals surface area contributed by atoms with Gasteiger partial charge in [-0.15, -0.1) is 12.4 Å². The number of anilines is 1. The molecule has 1 aromatic rings. The molecule has 0 saturated heterocycles. The maximum absolute atomic E-state index is 11.9. The first kappa shape index (κ1) is 17.4. The Kier molecular flexibility index (Phi) is 6.52. The summed E-state index contributed by atoms with van der Waals surface area (Å²) in [6, 6.07) is 6.74. The summed E-state index contributed by atoms with van der Waals surface area (Å²) in [6.07, 6.45) is 0. The second-order valence-corrected chi connectivity index (χ2v) is 5.04. The number of hydrogen-bond donors (Lipinski definition) is 3. The summed E-state index contributed by atoms with van der Waals surface area (Å²) < 4.78 is 0. The molecule has 0 heterocycles. The van der Waals surface area contributed by atoms with E-state index in [1.54, 1.807) is 24.3 Å². The van der Waals surface area contributed by atoms with Crippen molar-refractivity contribution in [3.63, 3.8) is 0 Å². The summed E-state index contributed by atoms with van der Waals surface area (Å²) in [5.41, 5.74) is 5.97. The fourth-order valence-corrected chi connectivity index (χ4v) is 1.36. The molecule has 19 heavy (non-hydrogen) atoms. The molecule has 0 aliphatic heterocycles. The Morgan fingerprint density at radius 3 is 2.42 bits per heavy atom. The third kappa shape index (κ3) is 6.22. The lowest BCUT2D eigenvalue weighted by Gasteiger charge is -2.20. The highest BCUT2D eigenvalue weighted by atomic mass is 35.5. The second-order valence-electron chi connectivity index (χ2n) is 5.04. The van der Waals surface area contributed by atoms with Crippen LogP contribution in [-0.4, -0.2) is 23.9 Å². The van der Waals surface area contributed by atoms with Gasteiger partial charge < -0.3 is 16.4 Å². The van der Waals surface area contributed by atoms with Crippen LogP contribution >= 0.6 is 12.4 Å². The van der Waals surface area contributed by atoms with Crippen LogP contribution in [-0.2, 0) is 4.79 Å². The lowest BCUT2D eigenvalue weighted by molar-refractivity contribution is -0.114. The van der Waals surface area contributed by atoms with Crippen molar-refractivity contribution in [2.24, 2.45) is 5.73 Å². The molecule has 0 saturated carbocycles. The Bertz CT molecular complexity index is 455. The molecule has 0 radical (unpaired) electrons. The third-order valence-electron chi connectivity index (χ3n) is 2.08. The Morgan fingerprint density at radius 1 is 1.26 bits per heavy atom. The van der Waals surface area contributed by atoms with Crippen molar-refractivity contribution in [2.45, 2.75) is 26.3 Å². The molecule has 0 spiro atoms. The molecule has 0 aliphatic rings. The first-order valence-electron chi connectivity index (χ1n) is 5.74. The molecule has 0 atom stereocenters. The van der Waals surface area contributed by atoms with Gasteiger partial charge in [-0.1, -0.05) is 6.07 Å². The minimum atomic E-state index is -0.298. The molecule has 6 heteroatoms. The van der Waals surface area contributed by atoms with E-state index in [0.717, 1.165) is 0 Å². The lowest BCUT2D eigenvalue weighted by atomic mass is 10.1. The summed E-state index contributed by atoms with van der Waals surface area (Å²) in [5, 5.41) is 5.46. The van der Waals surface area contributed by atoms with Crippen LogP contribution in [0.2, 0.25) is 0 Å². The fraction of sp³-hybridized carbons (Fsp3) is 0.385. The molecule has 5 nitrogen and oxygen atoms in total. The maximum Gasteiger partial charge on any atom is 0.251 e. The maximum atomic E-state index is 11.9. The van der Waals surface area contributed by atoms with Crippen LogP contribution in [0.4, 0.5) is 5.69 Å². The number of carbonyl (C=O) groups excluding carboxylic acids is 2. The van der Waals surface area contributed by atoms with Gasteiger partial charge in [0.2, 0.25) is 5.91 Å². The predicted molar refractivity (Wildman–Crippen MR) is 78.6 cm³/mol. The molecule has 0 fully saturated rings. The zero-order chi connectivity index (χ0) is 13.8. The van der Waals surface area contributed by atoms with Gasteiger partial charge in [-0.3, -0.25) is 9.59 Å². The zero-order valence-corrected chi connectivity index (χ0v) is 12.1. The number of amides is 2. The van der Waals surface area contributed by atoms with Crippen LogP contribution in [0.25, 0.3) is 0 Å². The van der Waals surface area contributed by atoms with Gasteiger partial charge in [0, 0.05) is 16.8 Å². The largest absolute Gasteiger partial charge is 0.347 e. The van der Waals surface area contributed by atoms with E-state index in [0.29, 0.717) is 11.3 Å². The summed E-state index contributed by atoms with van der Waals surface area (Å²) in [5.74, 6) is -0.463. The van der Waals surface area contributed by atoms with Crippen molar-refractivity contribution in [3.8, 4) is 0 Å². The number of carbonyl (C=O) groups is 2. The van der Waals surface area contributed by atoms with E-state index in [1.165, 1.54) is 0 Å². The average Bonchev–Trinajstić information content (AvgIpc) is 2.27. The van der Waals surface area contributed by atoms with Crippen molar-refractivity contribution in [1.82, 2.24) is 5.32 Å². The molecule has 1 rings (SSSR count). The molecule has 0 bridgehead atoms. The Hall–Kier alpha value is -1.59. The van der Waals surface area contributed by atoms with E-state index in [2.05, 4.69) is 10.6 Å². The van der Waals surface area contributed by atoms with Crippen molar-refractivity contribution in [3.05, 3.63) is 29.8 Å². The summed E-state index contributed by atoms with van der Waals surface area (Å²) in [4.78, 5) is 23.1. The van der Waals surface area contributed by atoms with Crippen molar-refractivity contribution < 1.29 is 9.59 Å². The number of halogens is 1. The Balaban J connectivity index is 0.00000324. The van der Waals surface area contributed by atoms with E-state index in [4.69, 9.17) is 5.73 Å². The average molecular weight is 286 g/mol. The van der Waals surface area contributed by atoms with Gasteiger partial charge in [0.25, 0.3) is 5.91 Å². The smallest absolute Gasteiger partial charge is 0.251 e. The summed E-state index contributed by atoms with van der Waals surface area (Å²) in [7, 11) is 0. The van der Waals surface area contributed by atoms with Crippen LogP contribution in [0, 0.1) is 0 Å². The Labute approximate surface area is 119 Å². The highest BCUT2D eigenvalue weighted by Crippen LogP contribution is 2.11. The van der Waals surface area contributed by atoms with Crippen LogP contribution in [0.15, 0.2) is 24.3 Å². The highest BCUT2D eigenvalue weighted by molar-refractivity contribution is 5.97. The predicted octanol–water partition coefficient (Wildman–Crippen LogP) is 1.53. The van der Waals surface area contributed by atoms with Gasteiger partial charge >= 0.3 is 0 Å². The van der Waals surface area contributed by atoms with Gasteiger partial charge in [0.15, 0.2) is 0 Å². The van der Waals surface area contributed by atoms with Gasteiger partial charge in [-0.2, -0.15) is 0 Å². The molecular formula is C13H20ClN3O2. The van der Waals surface area contributed by atoms with Crippen LogP contribution < -0.4 is 16.4 Å². The van der Waals surface area contributed by atoms with Gasteiger partial charge in [0.05, 0.1) is 6.54 Å². The SMILES string of the molecule is CC(C)(C)NC(=O)c1cccc(NC(=O)CN)c1.Cl. The monoisotopic (exact) mass is 285 g/mol. The highest BCUT2D eigenvalue weighted by Gasteiger charge is 2.15. The lowest BCUT2D eigenvalue weighted by Crippen LogP contribution is -2.40. The number of rotatable bonds is 3. The van der Waals surface area contributed by atoms with E-state index in [9.17, 15) is 9.59 Å². The standard InChI is InChI=1S/C13H19N3O2.ClH/c1-13(2,3)16-12(18)9-5-4-6-10(7-9)15-11(17)8-14;/h4-7H,8,14H2,1-3H3,(H,15,17)(H,16,18);1H. The molecule has 0 unspecified atom stereocenters. The van der Waals surface area contributed by atoms with E-state index >= 15 is 0 Å². The zero-order valence-electron chi connectivity index (χ0n) is 11.3. The van der Waals surface area contributed by atoms with Crippen molar-refractivity contribution in [2.75, 3.05) is 11.9 Å². The number of nitrogens with two attached hydrogens (primary N) is 1. The van der Waals surface area contributed by atoms with Crippen LogP contribution in [0.5, 0.6) is 0 Å². The fourth-order valence-electron chi connectivity index (χ4n) is 1.36. The van der Waals surface area contributed by atoms with Gasteiger partial charge in [-0.05, 0) is 39.0 Å². The van der Waals surface area contributed by atoms with E-state index in [-0.39, 0.29) is 36.3 Å². The van der Waals surface area contributed by atoms with Crippen molar-refractivity contribution in [1.29, 1.82) is 0 Å². The summed E-state index contributed by atoms with van der Waals surface area (Å²) in [6.45, 7) is 5.64. The van der Waals surface area contributed by atoms with Crippen LogP contribution in [0.1, 0.15) is 31.1 Å². The minimum absolute atomic E-state index is 0. The summed E-state index contributed by atoms with van der Waals surface area (Å²) >= 11 is 0. The molecule has 2 amide bonds. The topological polar surface area (TPSA) is 84.2 Å². The third-order valence-corrected chi connectivity index (χ3v) is 2.08.